The lowest BCUT2D eigenvalue weighted by Crippen LogP contribution is -2.61. The molecule has 0 aromatic heterocycles. The maximum Gasteiger partial charge on any atom is 0.192 e. The smallest absolute Gasteiger partial charge is 0.192 e. The Morgan fingerprint density at radius 2 is 1.29 bits per heavy atom. The fourth-order valence-corrected chi connectivity index (χ4v) is 20.4. The molecule has 2 spiro atoms. The van der Waals surface area contributed by atoms with Crippen LogP contribution in [0.4, 0.5) is 0 Å². The summed E-state index contributed by atoms with van der Waals surface area (Å²) in [6.07, 6.45) is 11.2. The summed E-state index contributed by atoms with van der Waals surface area (Å²) in [5, 5.41) is 10.4. The number of hydrogen-bond acceptors (Lipinski definition) is 4. The molecule has 0 bridgehead atoms. The van der Waals surface area contributed by atoms with Crippen LogP contribution in [0.2, 0.25) is 36.3 Å². The Hall–Kier alpha value is 0.274. The van der Waals surface area contributed by atoms with Crippen LogP contribution in [0.15, 0.2) is 0 Å². The fourth-order valence-electron chi connectivity index (χ4n) is 14.4. The lowest BCUT2D eigenvalue weighted by Gasteiger charge is -2.64. The predicted octanol–water partition coefficient (Wildman–Crippen LogP) is 10.2. The van der Waals surface area contributed by atoms with Gasteiger partial charge >= 0.3 is 0 Å². The van der Waals surface area contributed by atoms with Gasteiger partial charge in [0, 0.05) is 5.41 Å². The first-order chi connectivity index (χ1) is 21.2. The largest absolute Gasteiger partial charge is 0.413 e. The van der Waals surface area contributed by atoms with Crippen LogP contribution in [-0.4, -0.2) is 52.8 Å². The maximum atomic E-state index is 10.4. The zero-order chi connectivity index (χ0) is 32.8. The van der Waals surface area contributed by atoms with Crippen molar-refractivity contribution in [2.45, 2.75) is 188 Å². The minimum atomic E-state index is -1.89. The third-order valence-corrected chi connectivity index (χ3v) is 26.9. The van der Waals surface area contributed by atoms with Crippen LogP contribution in [0.25, 0.3) is 0 Å². The van der Waals surface area contributed by atoms with Crippen molar-refractivity contribution in [1.29, 1.82) is 0 Å². The molecular weight excluding hydrogens is 589 g/mol. The van der Waals surface area contributed by atoms with E-state index in [1.165, 1.54) is 81.2 Å². The molecule has 5 saturated carbocycles. The van der Waals surface area contributed by atoms with Crippen molar-refractivity contribution < 1.29 is 18.7 Å². The summed E-state index contributed by atoms with van der Waals surface area (Å²) in [5.74, 6) is 2.57. The third-order valence-electron chi connectivity index (χ3n) is 17.6. The van der Waals surface area contributed by atoms with E-state index in [1.807, 2.05) is 0 Å². The minimum Gasteiger partial charge on any atom is -0.413 e. The summed E-state index contributed by atoms with van der Waals surface area (Å²) in [5.41, 5.74) is 1.52. The van der Waals surface area contributed by atoms with Crippen molar-refractivity contribution in [1.82, 2.24) is 0 Å². The van der Waals surface area contributed by atoms with E-state index in [9.17, 15) is 5.11 Å². The van der Waals surface area contributed by atoms with E-state index < -0.39 is 16.6 Å². The highest BCUT2D eigenvalue weighted by atomic mass is 28.4. The molecule has 1 saturated heterocycles. The summed E-state index contributed by atoms with van der Waals surface area (Å²) in [6.45, 7) is 27.7. The fraction of sp³-hybridized carbons (Fsp3) is 1.00. The molecule has 5 aliphatic carbocycles. The van der Waals surface area contributed by atoms with Gasteiger partial charge in [-0.05, 0) is 133 Å². The molecule has 6 rings (SSSR count). The van der Waals surface area contributed by atoms with E-state index in [1.54, 1.807) is 0 Å². The molecular formula is C39H72O4Si2. The lowest BCUT2D eigenvalue weighted by molar-refractivity contribution is -0.178. The summed E-state index contributed by atoms with van der Waals surface area (Å²) < 4.78 is 22.2. The second kappa shape index (κ2) is 11.7. The molecule has 6 aliphatic rings. The van der Waals surface area contributed by atoms with Gasteiger partial charge in [0.05, 0.1) is 31.0 Å². The van der Waals surface area contributed by atoms with Gasteiger partial charge in [-0.2, -0.15) is 0 Å². The number of fused-ring (bicyclic) bond motifs is 4. The number of ether oxygens (including phenoxy) is 1. The quantitative estimate of drug-likeness (QED) is 0.224. The first-order valence-corrected chi connectivity index (χ1v) is 24.9. The summed E-state index contributed by atoms with van der Waals surface area (Å²) in [4.78, 5) is 0. The Morgan fingerprint density at radius 1 is 0.733 bits per heavy atom. The number of rotatable bonds is 11. The average Bonchev–Trinajstić information content (AvgIpc) is 3.66. The van der Waals surface area contributed by atoms with E-state index in [0.717, 1.165) is 12.3 Å². The molecule has 0 unspecified atom stereocenters. The van der Waals surface area contributed by atoms with Crippen molar-refractivity contribution in [3.8, 4) is 0 Å². The van der Waals surface area contributed by atoms with Crippen LogP contribution in [0, 0.1) is 50.7 Å². The van der Waals surface area contributed by atoms with Gasteiger partial charge in [0.25, 0.3) is 0 Å². The first-order valence-electron chi connectivity index (χ1n) is 19.8. The molecule has 260 valence electrons. The Bertz CT molecular complexity index is 1070. The Balaban J connectivity index is 1.38. The molecule has 45 heavy (non-hydrogen) atoms. The van der Waals surface area contributed by atoms with Crippen LogP contribution in [0.5, 0.6) is 0 Å². The molecule has 1 aliphatic heterocycles. The molecule has 0 aromatic carbocycles. The standard InChI is InChI=1S/C39H72O4Si2/c1-12-44(13-2,14-3)42-31-20-21-38-26-39(38)23-22-36(10)32-27(7)24-28(25-40)41-33(32)34(43-45(15-4,16-5)17-6)37(36,11)30(39)19-18-29(38)35(31,8)9/h27-34,40H,12-26H2,1-11H3/t27-,28-,29+,30+,31+,32+,33+,34+,36-,37-,38-,39+/m1/s1. The topological polar surface area (TPSA) is 47.9 Å². The molecule has 0 amide bonds. The Kier molecular flexibility index (Phi) is 9.11. The number of hydrogen-bond donors (Lipinski definition) is 1. The second-order valence-corrected chi connectivity index (χ2v) is 28.0. The van der Waals surface area contributed by atoms with Gasteiger partial charge in [-0.25, -0.2) is 0 Å². The van der Waals surface area contributed by atoms with E-state index in [-0.39, 0.29) is 41.2 Å². The third kappa shape index (κ3) is 4.52. The highest BCUT2D eigenvalue weighted by Gasteiger charge is 2.85. The van der Waals surface area contributed by atoms with Gasteiger partial charge in [0.15, 0.2) is 16.6 Å². The Morgan fingerprint density at radius 3 is 1.87 bits per heavy atom. The first kappa shape index (κ1) is 35.1. The molecule has 1 heterocycles. The zero-order valence-electron chi connectivity index (χ0n) is 31.4. The number of aliphatic hydroxyl groups excluding tert-OH is 1. The molecule has 4 nitrogen and oxygen atoms in total. The summed E-state index contributed by atoms with van der Waals surface area (Å²) >= 11 is 0. The number of aliphatic hydroxyl groups is 1. The molecule has 1 N–H and O–H groups in total. The normalized spacial score (nSPS) is 48.5. The van der Waals surface area contributed by atoms with E-state index in [2.05, 4.69) is 76.2 Å². The molecule has 0 radical (unpaired) electrons. The summed E-state index contributed by atoms with van der Waals surface area (Å²) in [6, 6.07) is 7.33. The highest BCUT2D eigenvalue weighted by Crippen LogP contribution is 2.89. The van der Waals surface area contributed by atoms with E-state index in [0.29, 0.717) is 34.7 Å². The minimum absolute atomic E-state index is 0.0429. The monoisotopic (exact) mass is 660 g/mol. The molecule has 0 aromatic rings. The van der Waals surface area contributed by atoms with Gasteiger partial charge < -0.3 is 18.7 Å². The van der Waals surface area contributed by atoms with Crippen molar-refractivity contribution in [3.63, 3.8) is 0 Å². The van der Waals surface area contributed by atoms with Crippen molar-refractivity contribution >= 4 is 16.6 Å². The van der Waals surface area contributed by atoms with Crippen LogP contribution in [0.3, 0.4) is 0 Å². The van der Waals surface area contributed by atoms with Gasteiger partial charge in [0.1, 0.15) is 0 Å². The van der Waals surface area contributed by atoms with Crippen LogP contribution in [0.1, 0.15) is 128 Å². The van der Waals surface area contributed by atoms with Crippen molar-refractivity contribution in [2.75, 3.05) is 6.61 Å². The SMILES string of the molecule is CC[Si](CC)(CC)O[C@H]1CC[C@]23C[C@]24CC[C@]2(C)[C@@H]5[C@H](O[C@@H](CO)C[C@H]5C)[C@H](O[Si](CC)(CC)CC)[C@@]2(C)[C@@H]4CC[C@H]3C1(C)C. The zero-order valence-corrected chi connectivity index (χ0v) is 33.4. The van der Waals surface area contributed by atoms with Gasteiger partial charge in [-0.3, -0.25) is 0 Å². The van der Waals surface area contributed by atoms with Gasteiger partial charge in [0.2, 0.25) is 0 Å². The van der Waals surface area contributed by atoms with Crippen LogP contribution >= 0.6 is 0 Å². The average molecular weight is 661 g/mol. The molecule has 6 heteroatoms. The second-order valence-electron chi connectivity index (χ2n) is 18.5. The highest BCUT2D eigenvalue weighted by molar-refractivity contribution is 6.74. The van der Waals surface area contributed by atoms with Crippen LogP contribution < -0.4 is 0 Å². The molecule has 12 atom stereocenters. The molecule has 6 fully saturated rings. The summed E-state index contributed by atoms with van der Waals surface area (Å²) in [7, 11) is -3.55. The predicted molar refractivity (Wildman–Crippen MR) is 191 cm³/mol. The van der Waals surface area contributed by atoms with Crippen LogP contribution in [-0.2, 0) is 13.6 Å². The van der Waals surface area contributed by atoms with Gasteiger partial charge in [-0.15, -0.1) is 0 Å². The van der Waals surface area contributed by atoms with Crippen molar-refractivity contribution in [3.05, 3.63) is 0 Å². The van der Waals surface area contributed by atoms with E-state index >= 15 is 0 Å². The van der Waals surface area contributed by atoms with Crippen molar-refractivity contribution in [2.24, 2.45) is 50.7 Å². The van der Waals surface area contributed by atoms with E-state index in [4.69, 9.17) is 13.6 Å². The Labute approximate surface area is 280 Å². The van der Waals surface area contributed by atoms with Gasteiger partial charge in [-0.1, -0.05) is 76.2 Å². The lowest BCUT2D eigenvalue weighted by atomic mass is 9.41. The maximum absolute atomic E-state index is 10.4.